The van der Waals surface area contributed by atoms with Crippen molar-refractivity contribution < 1.29 is 5.11 Å². The Balaban J connectivity index is 2.38. The molecule has 0 saturated carbocycles. The van der Waals surface area contributed by atoms with E-state index in [9.17, 15) is 0 Å². The second kappa shape index (κ2) is 3.98. The van der Waals surface area contributed by atoms with Gasteiger partial charge in [0.15, 0.2) is 0 Å². The normalized spacial score (nSPS) is 17.7. The lowest BCUT2D eigenvalue weighted by atomic mass is 10.3. The first-order valence-electron chi connectivity index (χ1n) is 2.60. The molecule has 0 aliphatic carbocycles. The van der Waals surface area contributed by atoms with Crippen LogP contribution < -0.4 is 0 Å². The summed E-state index contributed by atoms with van der Waals surface area (Å²) in [6.07, 6.45) is 2.60. The zero-order valence-electron chi connectivity index (χ0n) is 4.78. The van der Waals surface area contributed by atoms with E-state index >= 15 is 0 Å². The van der Waals surface area contributed by atoms with Crippen molar-refractivity contribution in [3.63, 3.8) is 0 Å². The quantitative estimate of drug-likeness (QED) is 0.493. The van der Waals surface area contributed by atoms with Gasteiger partial charge in [0.2, 0.25) is 0 Å². The van der Waals surface area contributed by atoms with Gasteiger partial charge in [0.1, 0.15) is 0 Å². The summed E-state index contributed by atoms with van der Waals surface area (Å²) in [5.74, 6) is 0. The van der Waals surface area contributed by atoms with Gasteiger partial charge in [0, 0.05) is 24.0 Å². The van der Waals surface area contributed by atoms with Crippen LogP contribution in [0.3, 0.4) is 0 Å². The molecule has 1 heterocycles. The summed E-state index contributed by atoms with van der Waals surface area (Å²) in [5, 5.41) is 10.5. The molecule has 0 saturated heterocycles. The van der Waals surface area contributed by atoms with Crippen LogP contribution in [0.4, 0.5) is 0 Å². The van der Waals surface area contributed by atoms with E-state index in [2.05, 4.69) is 4.40 Å². The summed E-state index contributed by atoms with van der Waals surface area (Å²) in [4.78, 5) is 0. The SMILES string of the molecule is OCCC1=NSSC=C1. The highest BCUT2D eigenvalue weighted by atomic mass is 33.1. The van der Waals surface area contributed by atoms with Gasteiger partial charge in [-0.3, -0.25) is 0 Å². The van der Waals surface area contributed by atoms with E-state index in [1.165, 1.54) is 11.0 Å². The monoisotopic (exact) mass is 161 g/mol. The molecule has 0 unspecified atom stereocenters. The minimum absolute atomic E-state index is 0.189. The molecule has 50 valence electrons. The molecule has 0 amide bonds. The predicted molar refractivity (Wildman–Crippen MR) is 43.5 cm³/mol. The van der Waals surface area contributed by atoms with Gasteiger partial charge in [-0.05, 0) is 22.3 Å². The van der Waals surface area contributed by atoms with Crippen molar-refractivity contribution in [2.24, 2.45) is 4.40 Å². The third kappa shape index (κ3) is 2.43. The Morgan fingerprint density at radius 3 is 3.11 bits per heavy atom. The molecule has 1 N–H and O–H groups in total. The Labute approximate surface area is 62.0 Å². The topological polar surface area (TPSA) is 32.6 Å². The zero-order valence-corrected chi connectivity index (χ0v) is 6.41. The smallest absolute Gasteiger partial charge is 0.0525 e. The molecule has 4 heteroatoms. The lowest BCUT2D eigenvalue weighted by Crippen LogP contribution is -1.96. The van der Waals surface area contributed by atoms with Gasteiger partial charge in [-0.25, -0.2) is 4.40 Å². The number of hydrogen-bond acceptors (Lipinski definition) is 4. The molecule has 0 bridgehead atoms. The highest BCUT2D eigenvalue weighted by Crippen LogP contribution is 2.27. The second-order valence-electron chi connectivity index (χ2n) is 1.53. The molecule has 2 nitrogen and oxygen atoms in total. The highest BCUT2D eigenvalue weighted by Gasteiger charge is 1.97. The lowest BCUT2D eigenvalue weighted by molar-refractivity contribution is 0.307. The Kier molecular flexibility index (Phi) is 3.17. The first-order chi connectivity index (χ1) is 4.43. The minimum atomic E-state index is 0.189. The maximum atomic E-state index is 8.49. The zero-order chi connectivity index (χ0) is 6.53. The van der Waals surface area contributed by atoms with Crippen LogP contribution in [-0.4, -0.2) is 17.4 Å². The summed E-state index contributed by atoms with van der Waals surface area (Å²) in [6, 6.07) is 0. The molecule has 1 aliphatic rings. The van der Waals surface area contributed by atoms with Crippen molar-refractivity contribution in [1.82, 2.24) is 0 Å². The highest BCUT2D eigenvalue weighted by molar-refractivity contribution is 8.77. The summed E-state index contributed by atoms with van der Waals surface area (Å²) in [5.41, 5.74) is 0.973. The molecule has 1 aliphatic heterocycles. The van der Waals surface area contributed by atoms with Crippen molar-refractivity contribution in [2.45, 2.75) is 6.42 Å². The molecule has 9 heavy (non-hydrogen) atoms. The predicted octanol–water partition coefficient (Wildman–Crippen LogP) is 1.63. The maximum Gasteiger partial charge on any atom is 0.0525 e. The van der Waals surface area contributed by atoms with Crippen LogP contribution in [0.2, 0.25) is 0 Å². The average molecular weight is 161 g/mol. The molecule has 0 aromatic carbocycles. The Hall–Kier alpha value is 0.0700. The number of aliphatic hydroxyl groups excluding tert-OH is 1. The molecule has 0 radical (unpaired) electrons. The average Bonchev–Trinajstić information content (AvgIpc) is 1.91. The van der Waals surface area contributed by atoms with E-state index in [0.29, 0.717) is 6.42 Å². The van der Waals surface area contributed by atoms with Gasteiger partial charge in [-0.2, -0.15) is 0 Å². The van der Waals surface area contributed by atoms with Gasteiger partial charge >= 0.3 is 0 Å². The van der Waals surface area contributed by atoms with Crippen LogP contribution in [0.15, 0.2) is 15.9 Å². The summed E-state index contributed by atoms with van der Waals surface area (Å²) >= 11 is 0. The van der Waals surface area contributed by atoms with Crippen molar-refractivity contribution in [3.05, 3.63) is 11.5 Å². The van der Waals surface area contributed by atoms with Crippen molar-refractivity contribution >= 4 is 27.5 Å². The molecular formula is C5H7NOS2. The summed E-state index contributed by atoms with van der Waals surface area (Å²) in [6.45, 7) is 0.189. The number of rotatable bonds is 2. The number of nitrogens with zero attached hydrogens (tertiary/aromatic N) is 1. The van der Waals surface area contributed by atoms with E-state index in [1.807, 2.05) is 11.5 Å². The molecule has 0 aromatic heterocycles. The van der Waals surface area contributed by atoms with Crippen LogP contribution >= 0.6 is 21.8 Å². The van der Waals surface area contributed by atoms with E-state index < -0.39 is 0 Å². The van der Waals surface area contributed by atoms with Crippen molar-refractivity contribution in [1.29, 1.82) is 0 Å². The van der Waals surface area contributed by atoms with Crippen LogP contribution in [0.1, 0.15) is 6.42 Å². The van der Waals surface area contributed by atoms with E-state index in [4.69, 9.17) is 5.11 Å². The van der Waals surface area contributed by atoms with Crippen LogP contribution in [0, 0.1) is 0 Å². The van der Waals surface area contributed by atoms with E-state index in [1.54, 1.807) is 10.8 Å². The second-order valence-corrected chi connectivity index (χ2v) is 3.35. The third-order valence-electron chi connectivity index (χ3n) is 0.881. The van der Waals surface area contributed by atoms with Crippen LogP contribution in [-0.2, 0) is 0 Å². The molecule has 0 spiro atoms. The first kappa shape index (κ1) is 7.18. The van der Waals surface area contributed by atoms with E-state index in [0.717, 1.165) is 5.71 Å². The lowest BCUT2D eigenvalue weighted by Gasteiger charge is -2.00. The van der Waals surface area contributed by atoms with Gasteiger partial charge in [0.05, 0.1) is 5.71 Å². The molecule has 0 aromatic rings. The van der Waals surface area contributed by atoms with E-state index in [-0.39, 0.29) is 6.61 Å². The van der Waals surface area contributed by atoms with Crippen LogP contribution in [0.5, 0.6) is 0 Å². The Bertz CT molecular complexity index is 144. The largest absolute Gasteiger partial charge is 0.396 e. The Morgan fingerprint density at radius 2 is 2.56 bits per heavy atom. The van der Waals surface area contributed by atoms with Crippen molar-refractivity contribution in [3.8, 4) is 0 Å². The van der Waals surface area contributed by atoms with Crippen molar-refractivity contribution in [2.75, 3.05) is 6.61 Å². The van der Waals surface area contributed by atoms with Gasteiger partial charge in [-0.1, -0.05) is 0 Å². The molecule has 0 fully saturated rings. The third-order valence-corrected chi connectivity index (χ3v) is 2.34. The molecule has 0 atom stereocenters. The van der Waals surface area contributed by atoms with Crippen LogP contribution in [0.25, 0.3) is 0 Å². The fraction of sp³-hybridized carbons (Fsp3) is 0.400. The molecule has 1 rings (SSSR count). The summed E-state index contributed by atoms with van der Waals surface area (Å²) < 4.78 is 4.07. The maximum absolute atomic E-state index is 8.49. The van der Waals surface area contributed by atoms with Gasteiger partial charge in [-0.15, -0.1) is 0 Å². The minimum Gasteiger partial charge on any atom is -0.396 e. The van der Waals surface area contributed by atoms with Gasteiger partial charge < -0.3 is 5.11 Å². The standard InChI is InChI=1S/C5H7NOS2/c7-3-1-5-2-4-8-9-6-5/h2,4,7H,1,3H2. The fourth-order valence-electron chi connectivity index (χ4n) is 0.475. The molecular weight excluding hydrogens is 154 g/mol. The first-order valence-corrected chi connectivity index (χ1v) is 4.77. The Morgan fingerprint density at radius 1 is 1.67 bits per heavy atom. The number of aliphatic hydroxyl groups is 1. The number of allylic oxidation sites excluding steroid dienone is 1. The fourth-order valence-corrected chi connectivity index (χ4v) is 1.76. The van der Waals surface area contributed by atoms with Gasteiger partial charge in [0.25, 0.3) is 0 Å². The number of hydrogen-bond donors (Lipinski definition) is 1. The summed E-state index contributed by atoms with van der Waals surface area (Å²) in [7, 11) is 3.04.